The first-order valence-electron chi connectivity index (χ1n) is 10.3. The molecule has 0 spiro atoms. The zero-order chi connectivity index (χ0) is 23.5. The van der Waals surface area contributed by atoms with E-state index >= 15 is 0 Å². The van der Waals surface area contributed by atoms with Gasteiger partial charge in [-0.05, 0) is 35.6 Å². The van der Waals surface area contributed by atoms with Gasteiger partial charge in [-0.1, -0.05) is 49.2 Å². The zero-order valence-corrected chi connectivity index (χ0v) is 19.3. The predicted molar refractivity (Wildman–Crippen MR) is 125 cm³/mol. The molecule has 0 bridgehead atoms. The summed E-state index contributed by atoms with van der Waals surface area (Å²) in [6, 6.07) is 10.7. The Balaban J connectivity index is 1.70. The molecule has 0 amide bonds. The number of nitro groups is 1. The molecule has 0 saturated heterocycles. The third-order valence-electron chi connectivity index (χ3n) is 5.90. The molecule has 33 heavy (non-hydrogen) atoms. The normalized spacial score (nSPS) is 19.0. The Hall–Kier alpha value is -3.23. The topological polar surface area (TPSA) is 103 Å². The van der Waals surface area contributed by atoms with E-state index in [-0.39, 0.29) is 16.9 Å². The van der Waals surface area contributed by atoms with E-state index in [1.807, 2.05) is 13.8 Å². The third-order valence-corrected chi connectivity index (χ3v) is 6.45. The van der Waals surface area contributed by atoms with Crippen molar-refractivity contribution in [2.45, 2.75) is 32.7 Å². The van der Waals surface area contributed by atoms with Gasteiger partial charge in [0.15, 0.2) is 11.6 Å². The number of hydrogen-bond donors (Lipinski definition) is 1. The van der Waals surface area contributed by atoms with Gasteiger partial charge in [0.1, 0.15) is 6.04 Å². The molecule has 2 aliphatic rings. The summed E-state index contributed by atoms with van der Waals surface area (Å²) < 4.78 is 1.61. The van der Waals surface area contributed by atoms with Gasteiger partial charge in [-0.15, -0.1) is 5.10 Å². The molecule has 1 N–H and O–H groups in total. The predicted octanol–water partition coefficient (Wildman–Crippen LogP) is 5.82. The fourth-order valence-electron chi connectivity index (χ4n) is 4.51. The fraction of sp³-hybridized carbons (Fsp3) is 0.261. The van der Waals surface area contributed by atoms with Crippen LogP contribution in [0, 0.1) is 15.5 Å². The fourth-order valence-corrected chi connectivity index (χ4v) is 5.00. The molecule has 1 aliphatic carbocycles. The summed E-state index contributed by atoms with van der Waals surface area (Å²) >= 11 is 12.4. The maximum atomic E-state index is 13.3. The molecule has 1 atom stereocenters. The molecule has 8 nitrogen and oxygen atoms in total. The van der Waals surface area contributed by atoms with Gasteiger partial charge in [0.25, 0.3) is 5.69 Å². The lowest BCUT2D eigenvalue weighted by Crippen LogP contribution is -2.36. The van der Waals surface area contributed by atoms with Crippen molar-refractivity contribution in [2.75, 3.05) is 5.32 Å². The van der Waals surface area contributed by atoms with Crippen molar-refractivity contribution >= 4 is 40.6 Å². The second kappa shape index (κ2) is 7.67. The highest BCUT2D eigenvalue weighted by Crippen LogP contribution is 2.46. The lowest BCUT2D eigenvalue weighted by Gasteiger charge is -2.38. The number of aromatic nitrogens is 3. The minimum atomic E-state index is -0.646. The number of non-ortho nitro benzene ring substituents is 1. The number of Topliss-reactive ketones (excluding diaryl/α,β-unsaturated/α-hetero) is 1. The zero-order valence-electron chi connectivity index (χ0n) is 17.8. The summed E-state index contributed by atoms with van der Waals surface area (Å²) in [5, 5.41) is 20.3. The Morgan fingerprint density at radius 3 is 2.70 bits per heavy atom. The van der Waals surface area contributed by atoms with E-state index in [2.05, 4.69) is 15.4 Å². The van der Waals surface area contributed by atoms with E-state index < -0.39 is 11.0 Å². The largest absolute Gasteiger partial charge is 0.328 e. The molecule has 10 heteroatoms. The van der Waals surface area contributed by atoms with E-state index in [1.54, 1.807) is 35.0 Å². The molecule has 0 fully saturated rings. The summed E-state index contributed by atoms with van der Waals surface area (Å²) in [6.07, 6.45) is 1.02. The quantitative estimate of drug-likeness (QED) is 0.371. The van der Waals surface area contributed by atoms with Crippen LogP contribution in [0.4, 0.5) is 11.6 Å². The summed E-state index contributed by atoms with van der Waals surface area (Å²) in [4.78, 5) is 28.9. The van der Waals surface area contributed by atoms with Crippen molar-refractivity contribution < 1.29 is 9.72 Å². The number of nitro benzene ring substituents is 1. The molecule has 1 aromatic heterocycles. The van der Waals surface area contributed by atoms with Crippen molar-refractivity contribution in [3.8, 4) is 11.4 Å². The molecule has 0 radical (unpaired) electrons. The number of nitrogens with zero attached hydrogens (tertiary/aromatic N) is 4. The number of anilines is 1. The van der Waals surface area contributed by atoms with Gasteiger partial charge in [0.2, 0.25) is 5.95 Å². The van der Waals surface area contributed by atoms with Gasteiger partial charge in [0, 0.05) is 40.4 Å². The summed E-state index contributed by atoms with van der Waals surface area (Å²) in [7, 11) is 0. The number of ketones is 1. The number of fused-ring (bicyclic) bond motifs is 1. The summed E-state index contributed by atoms with van der Waals surface area (Å²) in [5.41, 5.74) is 2.22. The molecule has 2 heterocycles. The van der Waals surface area contributed by atoms with Gasteiger partial charge >= 0.3 is 0 Å². The number of halogens is 2. The van der Waals surface area contributed by atoms with Crippen LogP contribution in [0.25, 0.3) is 11.4 Å². The second-order valence-electron chi connectivity index (χ2n) is 9.04. The Kier molecular flexibility index (Phi) is 5.02. The average molecular weight is 484 g/mol. The number of benzene rings is 2. The van der Waals surface area contributed by atoms with Gasteiger partial charge in [-0.2, -0.15) is 4.98 Å². The van der Waals surface area contributed by atoms with Crippen LogP contribution in [0.3, 0.4) is 0 Å². The monoisotopic (exact) mass is 483 g/mol. The lowest BCUT2D eigenvalue weighted by molar-refractivity contribution is -0.384. The van der Waals surface area contributed by atoms with Crippen molar-refractivity contribution in [2.24, 2.45) is 5.41 Å². The molecular weight excluding hydrogens is 465 g/mol. The van der Waals surface area contributed by atoms with Gasteiger partial charge in [0.05, 0.1) is 9.95 Å². The minimum Gasteiger partial charge on any atom is -0.328 e. The highest BCUT2D eigenvalue weighted by Gasteiger charge is 2.42. The Labute approximate surface area is 199 Å². The maximum absolute atomic E-state index is 13.3. The van der Waals surface area contributed by atoms with Gasteiger partial charge in [-0.25, -0.2) is 4.68 Å². The van der Waals surface area contributed by atoms with E-state index in [1.165, 1.54) is 12.1 Å². The number of carbonyl (C=O) groups is 1. The number of allylic oxidation sites excluding steroid dienone is 2. The van der Waals surface area contributed by atoms with Crippen molar-refractivity contribution in [3.05, 3.63) is 79.5 Å². The van der Waals surface area contributed by atoms with Gasteiger partial charge in [-0.3, -0.25) is 14.9 Å². The first-order valence-corrected chi connectivity index (χ1v) is 11.1. The van der Waals surface area contributed by atoms with E-state index in [0.29, 0.717) is 51.4 Å². The summed E-state index contributed by atoms with van der Waals surface area (Å²) in [5.74, 6) is 0.787. The Morgan fingerprint density at radius 2 is 1.97 bits per heavy atom. The molecule has 0 saturated carbocycles. The maximum Gasteiger partial charge on any atom is 0.269 e. The van der Waals surface area contributed by atoms with Crippen LogP contribution in [0.5, 0.6) is 0 Å². The van der Waals surface area contributed by atoms with Crippen molar-refractivity contribution in [1.29, 1.82) is 0 Å². The van der Waals surface area contributed by atoms with Gasteiger partial charge < -0.3 is 5.32 Å². The smallest absolute Gasteiger partial charge is 0.269 e. The standard InChI is InChI=1S/C23H19Cl2N5O3/c1-23(2)10-17-19(18(31)11-23)20(12-4-3-5-14(8-12)30(32)33)29-22(26-17)27-21(28-29)15-7-6-13(24)9-16(15)25/h3-9,20H,10-11H2,1-2H3,(H,26,27,28). The number of nitrogens with one attached hydrogen (secondary N) is 1. The minimum absolute atomic E-state index is 0.0162. The van der Waals surface area contributed by atoms with E-state index in [9.17, 15) is 14.9 Å². The third kappa shape index (κ3) is 3.79. The Morgan fingerprint density at radius 1 is 1.18 bits per heavy atom. The van der Waals surface area contributed by atoms with E-state index in [0.717, 1.165) is 5.70 Å². The molecular formula is C23H19Cl2N5O3. The van der Waals surface area contributed by atoms with Crippen LogP contribution >= 0.6 is 23.2 Å². The highest BCUT2D eigenvalue weighted by molar-refractivity contribution is 6.36. The Bertz CT molecular complexity index is 1360. The first kappa shape index (κ1) is 21.6. The lowest BCUT2D eigenvalue weighted by atomic mass is 9.73. The molecule has 1 unspecified atom stereocenters. The van der Waals surface area contributed by atoms with E-state index in [4.69, 9.17) is 23.2 Å². The average Bonchev–Trinajstić information content (AvgIpc) is 3.14. The number of carbonyl (C=O) groups excluding carboxylic acids is 1. The molecule has 5 rings (SSSR count). The molecule has 3 aromatic rings. The SMILES string of the molecule is CC1(C)CC(=O)C2=C(C1)Nc1nc(-c3ccc(Cl)cc3Cl)nn1C2c1cccc([N+](=O)[O-])c1. The van der Waals surface area contributed by atoms with Crippen LogP contribution in [-0.4, -0.2) is 25.5 Å². The molecule has 2 aromatic carbocycles. The van der Waals surface area contributed by atoms with Crippen LogP contribution in [0.1, 0.15) is 38.3 Å². The van der Waals surface area contributed by atoms with Crippen LogP contribution < -0.4 is 5.32 Å². The second-order valence-corrected chi connectivity index (χ2v) is 9.88. The van der Waals surface area contributed by atoms with Crippen LogP contribution in [0.15, 0.2) is 53.7 Å². The van der Waals surface area contributed by atoms with Crippen molar-refractivity contribution in [1.82, 2.24) is 14.8 Å². The van der Waals surface area contributed by atoms with Crippen molar-refractivity contribution in [3.63, 3.8) is 0 Å². The highest BCUT2D eigenvalue weighted by atomic mass is 35.5. The number of rotatable bonds is 3. The number of hydrogen-bond acceptors (Lipinski definition) is 6. The van der Waals surface area contributed by atoms with Crippen LogP contribution in [0.2, 0.25) is 10.0 Å². The summed E-state index contributed by atoms with van der Waals surface area (Å²) in [6.45, 7) is 4.08. The molecule has 168 valence electrons. The first-order chi connectivity index (χ1) is 15.6. The van der Waals surface area contributed by atoms with Crippen LogP contribution in [-0.2, 0) is 4.79 Å². The molecule has 1 aliphatic heterocycles.